The molecule has 0 bridgehead atoms. The number of carboxylic acids is 1. The molecule has 3 nitrogen and oxygen atoms in total. The molecule has 0 unspecified atom stereocenters. The predicted octanol–water partition coefficient (Wildman–Crippen LogP) is 1.74. The van der Waals surface area contributed by atoms with E-state index in [0.717, 1.165) is 5.69 Å². The van der Waals surface area contributed by atoms with E-state index in [9.17, 15) is 4.79 Å². The molecule has 0 aliphatic carbocycles. The Morgan fingerprint density at radius 1 is 1.46 bits per heavy atom. The molecular formula is C9H11NO2S. The molecule has 1 rings (SSSR count). The standard InChI is InChI=1S/C9H11NO2S/c1-10(2)6-3-4-8(13)7(5-6)9(11)12/h3-5,13H,1-2H3,(H,11,12). The van der Waals surface area contributed by atoms with Crippen molar-refractivity contribution >= 4 is 24.3 Å². The van der Waals surface area contributed by atoms with Gasteiger partial charge in [-0.3, -0.25) is 0 Å². The van der Waals surface area contributed by atoms with Gasteiger partial charge in [-0.25, -0.2) is 4.79 Å². The highest BCUT2D eigenvalue weighted by Gasteiger charge is 2.08. The van der Waals surface area contributed by atoms with Gasteiger partial charge in [0.25, 0.3) is 0 Å². The number of hydrogen-bond donors (Lipinski definition) is 2. The fraction of sp³-hybridized carbons (Fsp3) is 0.222. The van der Waals surface area contributed by atoms with Gasteiger partial charge in [0.2, 0.25) is 0 Å². The van der Waals surface area contributed by atoms with E-state index in [2.05, 4.69) is 12.6 Å². The van der Waals surface area contributed by atoms with Crippen LogP contribution in [0.5, 0.6) is 0 Å². The summed E-state index contributed by atoms with van der Waals surface area (Å²) in [6.07, 6.45) is 0. The lowest BCUT2D eigenvalue weighted by Crippen LogP contribution is -2.10. The van der Waals surface area contributed by atoms with Gasteiger partial charge < -0.3 is 10.0 Å². The van der Waals surface area contributed by atoms with Crippen LogP contribution in [0.3, 0.4) is 0 Å². The van der Waals surface area contributed by atoms with Crippen LogP contribution in [0.1, 0.15) is 10.4 Å². The molecule has 1 aromatic rings. The third kappa shape index (κ3) is 2.15. The Kier molecular flexibility index (Phi) is 2.83. The van der Waals surface area contributed by atoms with Gasteiger partial charge in [0.1, 0.15) is 0 Å². The van der Waals surface area contributed by atoms with Crippen molar-refractivity contribution in [2.75, 3.05) is 19.0 Å². The van der Waals surface area contributed by atoms with E-state index >= 15 is 0 Å². The zero-order valence-electron chi connectivity index (χ0n) is 7.48. The normalized spacial score (nSPS) is 9.77. The molecule has 1 aromatic carbocycles. The van der Waals surface area contributed by atoms with Crippen molar-refractivity contribution in [3.63, 3.8) is 0 Å². The predicted molar refractivity (Wildman–Crippen MR) is 55.0 cm³/mol. The number of benzene rings is 1. The van der Waals surface area contributed by atoms with Gasteiger partial charge in [-0.05, 0) is 18.2 Å². The molecule has 0 saturated heterocycles. The lowest BCUT2D eigenvalue weighted by molar-refractivity contribution is 0.0693. The maximum Gasteiger partial charge on any atom is 0.336 e. The van der Waals surface area contributed by atoms with E-state index in [1.807, 2.05) is 25.1 Å². The number of thiol groups is 1. The molecule has 0 aliphatic heterocycles. The van der Waals surface area contributed by atoms with Crippen LogP contribution in [0, 0.1) is 0 Å². The van der Waals surface area contributed by atoms with Crippen molar-refractivity contribution in [1.29, 1.82) is 0 Å². The molecule has 0 radical (unpaired) electrons. The zero-order chi connectivity index (χ0) is 10.0. The molecular weight excluding hydrogens is 186 g/mol. The maximum atomic E-state index is 10.7. The second kappa shape index (κ2) is 3.70. The van der Waals surface area contributed by atoms with Crippen molar-refractivity contribution in [3.05, 3.63) is 23.8 Å². The molecule has 4 heteroatoms. The van der Waals surface area contributed by atoms with Gasteiger partial charge in [-0.1, -0.05) is 0 Å². The lowest BCUT2D eigenvalue weighted by Gasteiger charge is -2.13. The van der Waals surface area contributed by atoms with E-state index in [0.29, 0.717) is 4.90 Å². The first-order chi connectivity index (χ1) is 6.02. The van der Waals surface area contributed by atoms with Gasteiger partial charge in [-0.15, -0.1) is 12.6 Å². The Balaban J connectivity index is 3.19. The zero-order valence-corrected chi connectivity index (χ0v) is 8.38. The van der Waals surface area contributed by atoms with Crippen molar-refractivity contribution < 1.29 is 9.90 Å². The minimum atomic E-state index is -0.950. The number of rotatable bonds is 2. The summed E-state index contributed by atoms with van der Waals surface area (Å²) >= 11 is 4.05. The summed E-state index contributed by atoms with van der Waals surface area (Å²) in [6.45, 7) is 0. The number of nitrogens with zero attached hydrogens (tertiary/aromatic N) is 1. The monoisotopic (exact) mass is 197 g/mol. The first-order valence-corrected chi connectivity index (χ1v) is 4.20. The van der Waals surface area contributed by atoms with Gasteiger partial charge in [0.05, 0.1) is 5.56 Å². The molecule has 70 valence electrons. The first kappa shape index (κ1) is 9.92. The molecule has 0 spiro atoms. The summed E-state index contributed by atoms with van der Waals surface area (Å²) in [4.78, 5) is 13.1. The molecule has 1 N–H and O–H groups in total. The summed E-state index contributed by atoms with van der Waals surface area (Å²) in [6, 6.07) is 5.11. The quantitative estimate of drug-likeness (QED) is 0.709. The Labute approximate surface area is 82.4 Å². The van der Waals surface area contributed by atoms with Crippen molar-refractivity contribution in [2.24, 2.45) is 0 Å². The minimum absolute atomic E-state index is 0.231. The van der Waals surface area contributed by atoms with Crippen LogP contribution in [0.25, 0.3) is 0 Å². The van der Waals surface area contributed by atoms with Crippen LogP contribution >= 0.6 is 12.6 Å². The Morgan fingerprint density at radius 2 is 2.08 bits per heavy atom. The number of carboxylic acid groups (broad SMARTS) is 1. The van der Waals surface area contributed by atoms with E-state index in [-0.39, 0.29) is 5.56 Å². The van der Waals surface area contributed by atoms with Crippen LogP contribution in [-0.2, 0) is 0 Å². The van der Waals surface area contributed by atoms with Gasteiger partial charge in [-0.2, -0.15) is 0 Å². The second-order valence-electron chi connectivity index (χ2n) is 2.90. The van der Waals surface area contributed by atoms with Gasteiger partial charge in [0, 0.05) is 24.7 Å². The van der Waals surface area contributed by atoms with Gasteiger partial charge in [0.15, 0.2) is 0 Å². The van der Waals surface area contributed by atoms with Crippen LogP contribution in [-0.4, -0.2) is 25.2 Å². The van der Waals surface area contributed by atoms with Crippen LogP contribution in [0.15, 0.2) is 23.1 Å². The topological polar surface area (TPSA) is 40.5 Å². The van der Waals surface area contributed by atoms with Crippen LogP contribution in [0.2, 0.25) is 0 Å². The molecule has 0 heterocycles. The molecule has 0 aliphatic rings. The van der Waals surface area contributed by atoms with Crippen LogP contribution < -0.4 is 4.90 Å². The van der Waals surface area contributed by atoms with Gasteiger partial charge >= 0.3 is 5.97 Å². The lowest BCUT2D eigenvalue weighted by atomic mass is 10.2. The third-order valence-corrected chi connectivity index (χ3v) is 2.12. The summed E-state index contributed by atoms with van der Waals surface area (Å²) < 4.78 is 0. The Bertz CT molecular complexity index is 336. The van der Waals surface area contributed by atoms with Crippen LogP contribution in [0.4, 0.5) is 5.69 Å². The van der Waals surface area contributed by atoms with E-state index in [4.69, 9.17) is 5.11 Å². The van der Waals surface area contributed by atoms with E-state index < -0.39 is 5.97 Å². The largest absolute Gasteiger partial charge is 0.478 e. The average Bonchev–Trinajstić information content (AvgIpc) is 2.04. The summed E-state index contributed by atoms with van der Waals surface area (Å²) in [5, 5.41) is 8.80. The molecule has 0 saturated carbocycles. The molecule has 0 aromatic heterocycles. The number of hydrogen-bond acceptors (Lipinski definition) is 3. The number of anilines is 1. The Hall–Kier alpha value is -1.16. The van der Waals surface area contributed by atoms with Crippen molar-refractivity contribution in [3.8, 4) is 0 Å². The molecule has 0 fully saturated rings. The maximum absolute atomic E-state index is 10.7. The summed E-state index contributed by atoms with van der Waals surface area (Å²) in [7, 11) is 3.72. The third-order valence-electron chi connectivity index (χ3n) is 1.73. The number of aromatic carboxylic acids is 1. The van der Waals surface area contributed by atoms with E-state index in [1.165, 1.54) is 0 Å². The fourth-order valence-corrected chi connectivity index (χ4v) is 1.21. The number of carbonyl (C=O) groups is 1. The highest BCUT2D eigenvalue weighted by atomic mass is 32.1. The highest BCUT2D eigenvalue weighted by molar-refractivity contribution is 7.80. The Morgan fingerprint density at radius 3 is 2.54 bits per heavy atom. The second-order valence-corrected chi connectivity index (χ2v) is 3.38. The fourth-order valence-electron chi connectivity index (χ4n) is 0.973. The molecule has 13 heavy (non-hydrogen) atoms. The van der Waals surface area contributed by atoms with Crippen molar-refractivity contribution in [1.82, 2.24) is 0 Å². The smallest absolute Gasteiger partial charge is 0.336 e. The SMILES string of the molecule is CN(C)c1ccc(S)c(C(=O)O)c1. The molecule has 0 atom stereocenters. The summed E-state index contributed by atoms with van der Waals surface area (Å²) in [5.41, 5.74) is 1.09. The van der Waals surface area contributed by atoms with Crippen molar-refractivity contribution in [2.45, 2.75) is 4.90 Å². The molecule has 0 amide bonds. The van der Waals surface area contributed by atoms with E-state index in [1.54, 1.807) is 12.1 Å². The minimum Gasteiger partial charge on any atom is -0.478 e. The first-order valence-electron chi connectivity index (χ1n) is 3.76. The highest BCUT2D eigenvalue weighted by Crippen LogP contribution is 2.20. The summed E-state index contributed by atoms with van der Waals surface area (Å²) in [5.74, 6) is -0.950. The average molecular weight is 197 g/mol.